The standard InChI is InChI=1S/C13H20ClNO2S/c1-3-9-15(4-2)18(16,17)11-13-7-5-12(10-14)6-8-13/h5-8H,3-4,9-11H2,1-2H3. The maximum absolute atomic E-state index is 12.2. The SMILES string of the molecule is CCCN(CC)S(=O)(=O)Cc1ccc(CCl)cc1. The van der Waals surface area contributed by atoms with Crippen LogP contribution in [0.3, 0.4) is 0 Å². The Bertz CT molecular complexity index is 456. The summed E-state index contributed by atoms with van der Waals surface area (Å²) in [5.41, 5.74) is 1.80. The second-order valence-electron chi connectivity index (χ2n) is 4.20. The fourth-order valence-electron chi connectivity index (χ4n) is 1.77. The molecule has 18 heavy (non-hydrogen) atoms. The first-order chi connectivity index (χ1) is 8.53. The van der Waals surface area contributed by atoms with Crippen LogP contribution in [0, 0.1) is 0 Å². The summed E-state index contributed by atoms with van der Waals surface area (Å²) in [4.78, 5) is 0. The average Bonchev–Trinajstić information content (AvgIpc) is 2.36. The summed E-state index contributed by atoms with van der Waals surface area (Å²) in [5.74, 6) is 0.507. The van der Waals surface area contributed by atoms with Crippen molar-refractivity contribution in [3.8, 4) is 0 Å². The van der Waals surface area contributed by atoms with E-state index in [1.165, 1.54) is 4.31 Å². The maximum Gasteiger partial charge on any atom is 0.218 e. The van der Waals surface area contributed by atoms with Gasteiger partial charge in [0.1, 0.15) is 0 Å². The van der Waals surface area contributed by atoms with Crippen molar-refractivity contribution in [2.24, 2.45) is 0 Å². The maximum atomic E-state index is 12.2. The van der Waals surface area contributed by atoms with Crippen molar-refractivity contribution >= 4 is 21.6 Å². The number of rotatable bonds is 7. The van der Waals surface area contributed by atoms with Crippen LogP contribution in [0.2, 0.25) is 0 Å². The molecule has 0 fully saturated rings. The van der Waals surface area contributed by atoms with Gasteiger partial charge in [-0.3, -0.25) is 0 Å². The van der Waals surface area contributed by atoms with Crippen LogP contribution in [-0.2, 0) is 21.7 Å². The van der Waals surface area contributed by atoms with Crippen LogP contribution < -0.4 is 0 Å². The molecule has 0 unspecified atom stereocenters. The van der Waals surface area contributed by atoms with Crippen molar-refractivity contribution in [1.82, 2.24) is 4.31 Å². The highest BCUT2D eigenvalue weighted by atomic mass is 35.5. The molecule has 0 atom stereocenters. The number of hydrogen-bond donors (Lipinski definition) is 0. The Hall–Kier alpha value is -0.580. The first kappa shape index (κ1) is 15.5. The summed E-state index contributed by atoms with van der Waals surface area (Å²) in [6.07, 6.45) is 0.832. The molecule has 0 aliphatic heterocycles. The quantitative estimate of drug-likeness (QED) is 0.724. The summed E-state index contributed by atoms with van der Waals surface area (Å²) in [5, 5.41) is 0. The highest BCUT2D eigenvalue weighted by Gasteiger charge is 2.19. The Kier molecular flexibility index (Phi) is 6.12. The molecule has 0 spiro atoms. The van der Waals surface area contributed by atoms with Gasteiger partial charge in [-0.25, -0.2) is 12.7 Å². The van der Waals surface area contributed by atoms with E-state index >= 15 is 0 Å². The van der Waals surface area contributed by atoms with Crippen LogP contribution in [0.4, 0.5) is 0 Å². The molecule has 0 bridgehead atoms. The van der Waals surface area contributed by atoms with Gasteiger partial charge in [0.05, 0.1) is 5.75 Å². The van der Waals surface area contributed by atoms with Gasteiger partial charge >= 0.3 is 0 Å². The van der Waals surface area contributed by atoms with E-state index in [1.807, 2.05) is 38.1 Å². The Labute approximate surface area is 115 Å². The van der Waals surface area contributed by atoms with Crippen molar-refractivity contribution in [2.45, 2.75) is 31.9 Å². The monoisotopic (exact) mass is 289 g/mol. The lowest BCUT2D eigenvalue weighted by atomic mass is 10.2. The van der Waals surface area contributed by atoms with Crippen molar-refractivity contribution < 1.29 is 8.42 Å². The van der Waals surface area contributed by atoms with Gasteiger partial charge in [-0.15, -0.1) is 11.6 Å². The molecule has 0 amide bonds. The molecular formula is C13H20ClNO2S. The van der Waals surface area contributed by atoms with Gasteiger partial charge in [0.25, 0.3) is 0 Å². The highest BCUT2D eigenvalue weighted by molar-refractivity contribution is 7.88. The van der Waals surface area contributed by atoms with E-state index in [0.29, 0.717) is 19.0 Å². The molecule has 0 aliphatic carbocycles. The third-order valence-electron chi connectivity index (χ3n) is 2.75. The molecular weight excluding hydrogens is 270 g/mol. The third-order valence-corrected chi connectivity index (χ3v) is 4.98. The zero-order chi connectivity index (χ0) is 13.6. The van der Waals surface area contributed by atoms with E-state index in [1.54, 1.807) is 0 Å². The topological polar surface area (TPSA) is 37.4 Å². The summed E-state index contributed by atoms with van der Waals surface area (Å²) >= 11 is 5.70. The lowest BCUT2D eigenvalue weighted by Crippen LogP contribution is -2.32. The number of alkyl halides is 1. The summed E-state index contributed by atoms with van der Waals surface area (Å²) in [6.45, 7) is 4.95. The van der Waals surface area contributed by atoms with E-state index in [0.717, 1.165) is 17.5 Å². The fourth-order valence-corrected chi connectivity index (χ4v) is 3.60. The molecule has 5 heteroatoms. The van der Waals surface area contributed by atoms with Crippen LogP contribution in [0.25, 0.3) is 0 Å². The van der Waals surface area contributed by atoms with Crippen LogP contribution >= 0.6 is 11.6 Å². The van der Waals surface area contributed by atoms with Gasteiger partial charge in [0, 0.05) is 19.0 Å². The molecule has 1 aromatic rings. The molecule has 0 aromatic heterocycles. The lowest BCUT2D eigenvalue weighted by molar-refractivity contribution is 0.426. The van der Waals surface area contributed by atoms with Gasteiger partial charge in [0.2, 0.25) is 10.0 Å². The Morgan fingerprint density at radius 1 is 1.11 bits per heavy atom. The molecule has 1 aromatic carbocycles. The van der Waals surface area contributed by atoms with E-state index in [4.69, 9.17) is 11.6 Å². The van der Waals surface area contributed by atoms with Crippen LogP contribution in [0.1, 0.15) is 31.4 Å². The zero-order valence-electron chi connectivity index (χ0n) is 10.9. The third kappa shape index (κ3) is 4.26. The van der Waals surface area contributed by atoms with Crippen LogP contribution in [0.15, 0.2) is 24.3 Å². The molecule has 0 aliphatic rings. The number of hydrogen-bond acceptors (Lipinski definition) is 2. The first-order valence-corrected chi connectivity index (χ1v) is 8.29. The van der Waals surface area contributed by atoms with E-state index in [-0.39, 0.29) is 5.75 Å². The fraction of sp³-hybridized carbons (Fsp3) is 0.538. The molecule has 0 heterocycles. The van der Waals surface area contributed by atoms with Gasteiger partial charge < -0.3 is 0 Å². The Balaban J connectivity index is 2.80. The van der Waals surface area contributed by atoms with Crippen molar-refractivity contribution in [2.75, 3.05) is 13.1 Å². The van der Waals surface area contributed by atoms with Gasteiger partial charge in [-0.05, 0) is 17.5 Å². The molecule has 102 valence electrons. The average molecular weight is 290 g/mol. The summed E-state index contributed by atoms with van der Waals surface area (Å²) in [7, 11) is -3.21. The minimum absolute atomic E-state index is 0.0589. The first-order valence-electron chi connectivity index (χ1n) is 6.15. The number of nitrogens with zero attached hydrogens (tertiary/aromatic N) is 1. The Morgan fingerprint density at radius 2 is 1.67 bits per heavy atom. The second kappa shape index (κ2) is 7.12. The van der Waals surface area contributed by atoms with E-state index in [9.17, 15) is 8.42 Å². The lowest BCUT2D eigenvalue weighted by Gasteiger charge is -2.19. The second-order valence-corrected chi connectivity index (χ2v) is 6.43. The van der Waals surface area contributed by atoms with Gasteiger partial charge in [0.15, 0.2) is 0 Å². The highest BCUT2D eigenvalue weighted by Crippen LogP contribution is 2.13. The zero-order valence-corrected chi connectivity index (χ0v) is 12.5. The summed E-state index contributed by atoms with van der Waals surface area (Å²) < 4.78 is 25.9. The predicted molar refractivity (Wildman–Crippen MR) is 76.2 cm³/mol. The van der Waals surface area contributed by atoms with E-state index in [2.05, 4.69) is 0 Å². The normalized spacial score (nSPS) is 12.0. The molecule has 0 N–H and O–H groups in total. The Morgan fingerprint density at radius 3 is 2.11 bits per heavy atom. The number of halogens is 1. The van der Waals surface area contributed by atoms with E-state index < -0.39 is 10.0 Å². The van der Waals surface area contributed by atoms with Gasteiger partial charge in [-0.2, -0.15) is 0 Å². The minimum atomic E-state index is -3.21. The smallest absolute Gasteiger partial charge is 0.212 e. The summed E-state index contributed by atoms with van der Waals surface area (Å²) in [6, 6.07) is 7.39. The van der Waals surface area contributed by atoms with Crippen molar-refractivity contribution in [1.29, 1.82) is 0 Å². The molecule has 1 rings (SSSR count). The van der Waals surface area contributed by atoms with Crippen molar-refractivity contribution in [3.63, 3.8) is 0 Å². The number of sulfonamides is 1. The molecule has 0 saturated carbocycles. The van der Waals surface area contributed by atoms with Crippen LogP contribution in [0.5, 0.6) is 0 Å². The van der Waals surface area contributed by atoms with Crippen molar-refractivity contribution in [3.05, 3.63) is 35.4 Å². The number of benzene rings is 1. The predicted octanol–water partition coefficient (Wildman–Crippen LogP) is 2.99. The minimum Gasteiger partial charge on any atom is -0.212 e. The molecule has 0 saturated heterocycles. The molecule has 3 nitrogen and oxygen atoms in total. The van der Waals surface area contributed by atoms with Crippen LogP contribution in [-0.4, -0.2) is 25.8 Å². The largest absolute Gasteiger partial charge is 0.218 e. The van der Waals surface area contributed by atoms with Gasteiger partial charge in [-0.1, -0.05) is 38.1 Å². The molecule has 0 radical (unpaired) electrons.